The van der Waals surface area contributed by atoms with Crippen molar-refractivity contribution in [3.8, 4) is 0 Å². The van der Waals surface area contributed by atoms with Crippen molar-refractivity contribution in [1.29, 1.82) is 0 Å². The smallest absolute Gasteiger partial charge is 0.00956 e. The van der Waals surface area contributed by atoms with Gasteiger partial charge < -0.3 is 0 Å². The number of rotatable bonds is 2. The minimum Gasteiger partial charge on any atom is -0.126 e. The molecule has 1 rings (SSSR count). The van der Waals surface area contributed by atoms with E-state index in [4.69, 9.17) is 0 Å². The molecule has 0 nitrogen and oxygen atoms in total. The largest absolute Gasteiger partial charge is 0.126 e. The van der Waals surface area contributed by atoms with Gasteiger partial charge in [0, 0.05) is 0 Å². The minimum absolute atomic E-state index is 0.962. The zero-order valence-corrected chi connectivity index (χ0v) is 6.40. The molecule has 0 aromatic carbocycles. The van der Waals surface area contributed by atoms with Crippen LogP contribution in [0.15, 0.2) is 30.0 Å². The Morgan fingerprint density at radius 1 is 1.40 bits per heavy atom. The first-order valence-corrected chi connectivity index (χ1v) is 3.97. The van der Waals surface area contributed by atoms with Crippen molar-refractivity contribution < 1.29 is 0 Å². The molecule has 0 aromatic rings. The Labute approximate surface area is 62.9 Å². The van der Waals surface area contributed by atoms with E-state index >= 15 is 0 Å². The van der Waals surface area contributed by atoms with Gasteiger partial charge in [0.1, 0.15) is 0 Å². The molecule has 0 atom stereocenters. The lowest BCUT2D eigenvalue weighted by Crippen LogP contribution is -1.64. The lowest BCUT2D eigenvalue weighted by molar-refractivity contribution is 0.886. The summed E-state index contributed by atoms with van der Waals surface area (Å²) in [4.78, 5) is 0. The van der Waals surface area contributed by atoms with Gasteiger partial charge in [0.25, 0.3) is 0 Å². The Bertz CT molecular complexity index is 160. The van der Waals surface area contributed by atoms with Crippen molar-refractivity contribution in [3.63, 3.8) is 0 Å². The summed E-state index contributed by atoms with van der Waals surface area (Å²) in [7, 11) is 0. The lowest BCUT2D eigenvalue weighted by Gasteiger charge is -1.83. The van der Waals surface area contributed by atoms with Crippen molar-refractivity contribution in [2.45, 2.75) is 32.1 Å². The Balaban J connectivity index is 2.43. The molecule has 0 heterocycles. The van der Waals surface area contributed by atoms with E-state index in [1.54, 1.807) is 0 Å². The molecule has 1 aliphatic rings. The summed E-state index contributed by atoms with van der Waals surface area (Å²) in [5, 5.41) is 0. The van der Waals surface area contributed by atoms with Crippen molar-refractivity contribution in [2.75, 3.05) is 0 Å². The van der Waals surface area contributed by atoms with E-state index in [0.717, 1.165) is 6.42 Å². The molecule has 0 radical (unpaired) electrons. The predicted molar refractivity (Wildman–Crippen MR) is 44.9 cm³/mol. The Morgan fingerprint density at radius 3 is 2.70 bits per heavy atom. The van der Waals surface area contributed by atoms with Gasteiger partial charge in [-0.1, -0.05) is 6.08 Å². The van der Waals surface area contributed by atoms with Gasteiger partial charge in [-0.2, -0.15) is 0 Å². The third-order valence-corrected chi connectivity index (χ3v) is 1.80. The van der Waals surface area contributed by atoms with Crippen LogP contribution in [0.3, 0.4) is 0 Å². The molecular formula is C10H14. The van der Waals surface area contributed by atoms with Crippen LogP contribution in [-0.4, -0.2) is 0 Å². The van der Waals surface area contributed by atoms with Crippen LogP contribution in [0, 0.1) is 0 Å². The van der Waals surface area contributed by atoms with Gasteiger partial charge in [-0.05, 0) is 43.8 Å². The third-order valence-electron chi connectivity index (χ3n) is 1.80. The molecule has 0 saturated heterocycles. The molecule has 0 aliphatic heterocycles. The summed E-state index contributed by atoms with van der Waals surface area (Å²) in [6.45, 7) is 3.64. The first-order chi connectivity index (χ1) is 4.93. The van der Waals surface area contributed by atoms with Crippen molar-refractivity contribution in [1.82, 2.24) is 0 Å². The molecule has 10 heavy (non-hydrogen) atoms. The molecule has 0 aromatic heterocycles. The van der Waals surface area contributed by atoms with E-state index in [1.165, 1.54) is 31.3 Å². The second-order valence-corrected chi connectivity index (χ2v) is 2.68. The van der Waals surface area contributed by atoms with Crippen LogP contribution in [0.2, 0.25) is 0 Å². The highest BCUT2D eigenvalue weighted by Gasteiger charge is 2.03. The first kappa shape index (κ1) is 7.37. The summed E-state index contributed by atoms with van der Waals surface area (Å²) in [5.41, 5.74) is 4.80. The number of hydrogen-bond donors (Lipinski definition) is 0. The van der Waals surface area contributed by atoms with Crippen LogP contribution in [0.25, 0.3) is 0 Å². The molecule has 0 spiro atoms. The van der Waals surface area contributed by atoms with Crippen LogP contribution in [0.5, 0.6) is 0 Å². The van der Waals surface area contributed by atoms with Gasteiger partial charge in [-0.25, -0.2) is 0 Å². The van der Waals surface area contributed by atoms with Crippen LogP contribution in [0.1, 0.15) is 32.1 Å². The second-order valence-electron chi connectivity index (χ2n) is 2.68. The molecule has 0 N–H and O–H groups in total. The maximum Gasteiger partial charge on any atom is -0.00956 e. The van der Waals surface area contributed by atoms with Gasteiger partial charge in [0.15, 0.2) is 0 Å². The fourth-order valence-corrected chi connectivity index (χ4v) is 1.23. The molecule has 1 fully saturated rings. The highest BCUT2D eigenvalue weighted by atomic mass is 14.1. The molecular weight excluding hydrogens is 120 g/mol. The minimum atomic E-state index is 0.962. The normalized spacial score (nSPS) is 16.6. The molecule has 1 saturated carbocycles. The van der Waals surface area contributed by atoms with Crippen LogP contribution in [0.4, 0.5) is 0 Å². The van der Waals surface area contributed by atoms with Gasteiger partial charge in [0.2, 0.25) is 0 Å². The molecule has 0 amide bonds. The average molecular weight is 134 g/mol. The first-order valence-electron chi connectivity index (χ1n) is 3.97. The number of allylic oxidation sites excluding steroid dienone is 2. The Morgan fingerprint density at radius 2 is 2.10 bits per heavy atom. The van der Waals surface area contributed by atoms with Crippen LogP contribution < -0.4 is 0 Å². The summed E-state index contributed by atoms with van der Waals surface area (Å²) >= 11 is 0. The number of hydrogen-bond acceptors (Lipinski definition) is 0. The summed E-state index contributed by atoms with van der Waals surface area (Å²) < 4.78 is 0. The molecule has 0 unspecified atom stereocenters. The van der Waals surface area contributed by atoms with Gasteiger partial charge in [0.05, 0.1) is 0 Å². The van der Waals surface area contributed by atoms with E-state index < -0.39 is 0 Å². The van der Waals surface area contributed by atoms with E-state index in [0.29, 0.717) is 0 Å². The van der Waals surface area contributed by atoms with Crippen LogP contribution in [-0.2, 0) is 0 Å². The average Bonchev–Trinajstić information content (AvgIpc) is 2.41. The fourth-order valence-electron chi connectivity index (χ4n) is 1.23. The summed E-state index contributed by atoms with van der Waals surface area (Å²) in [6.07, 6.45) is 10.2. The SMILES string of the molecule is C=CCC=C=C1CCCC1. The molecule has 0 heteroatoms. The topological polar surface area (TPSA) is 0 Å². The fraction of sp³-hybridized carbons (Fsp3) is 0.500. The van der Waals surface area contributed by atoms with E-state index in [1.807, 2.05) is 6.08 Å². The van der Waals surface area contributed by atoms with Crippen molar-refractivity contribution in [2.24, 2.45) is 0 Å². The van der Waals surface area contributed by atoms with E-state index in [9.17, 15) is 0 Å². The van der Waals surface area contributed by atoms with Crippen molar-refractivity contribution >= 4 is 0 Å². The van der Waals surface area contributed by atoms with E-state index in [2.05, 4.69) is 18.4 Å². The van der Waals surface area contributed by atoms with E-state index in [-0.39, 0.29) is 0 Å². The van der Waals surface area contributed by atoms with Gasteiger partial charge in [-0.15, -0.1) is 12.3 Å². The predicted octanol–water partition coefficient (Wildman–Crippen LogP) is 3.22. The molecule has 0 bridgehead atoms. The Hall–Kier alpha value is -0.740. The molecule has 1 aliphatic carbocycles. The maximum atomic E-state index is 3.64. The van der Waals surface area contributed by atoms with Crippen LogP contribution >= 0.6 is 0 Å². The highest BCUT2D eigenvalue weighted by molar-refractivity contribution is 5.06. The summed E-state index contributed by atoms with van der Waals surface area (Å²) in [6, 6.07) is 0. The zero-order valence-electron chi connectivity index (χ0n) is 6.40. The zero-order chi connectivity index (χ0) is 7.23. The van der Waals surface area contributed by atoms with Crippen molar-refractivity contribution in [3.05, 3.63) is 30.0 Å². The Kier molecular flexibility index (Phi) is 3.05. The maximum absolute atomic E-state index is 3.64. The quantitative estimate of drug-likeness (QED) is 0.402. The highest BCUT2D eigenvalue weighted by Crippen LogP contribution is 2.22. The third kappa shape index (κ3) is 2.24. The monoisotopic (exact) mass is 134 g/mol. The van der Waals surface area contributed by atoms with Gasteiger partial charge >= 0.3 is 0 Å². The second kappa shape index (κ2) is 4.14. The standard InChI is InChI=1S/C10H14/c1-2-3-4-7-10-8-5-6-9-10/h2,4H,1,3,5-6,8-9H2. The lowest BCUT2D eigenvalue weighted by atomic mass is 10.2. The molecule has 54 valence electrons. The van der Waals surface area contributed by atoms with Gasteiger partial charge in [-0.3, -0.25) is 0 Å². The summed E-state index contributed by atoms with van der Waals surface area (Å²) in [5.74, 6) is 0.